The van der Waals surface area contributed by atoms with Crippen LogP contribution in [0.2, 0.25) is 0 Å². The molecule has 0 unspecified atom stereocenters. The molecule has 0 spiro atoms. The summed E-state index contributed by atoms with van der Waals surface area (Å²) >= 11 is 0. The van der Waals surface area contributed by atoms with Crippen LogP contribution in [0.4, 0.5) is 0 Å². The van der Waals surface area contributed by atoms with E-state index in [0.29, 0.717) is 11.5 Å². The van der Waals surface area contributed by atoms with E-state index in [9.17, 15) is 0 Å². The molecule has 1 aliphatic carbocycles. The van der Waals surface area contributed by atoms with Gasteiger partial charge >= 0.3 is 0 Å². The number of nitrogens with one attached hydrogen (secondary N) is 1. The third kappa shape index (κ3) is 6.23. The van der Waals surface area contributed by atoms with E-state index in [2.05, 4.69) is 37.2 Å². The fourth-order valence-electron chi connectivity index (χ4n) is 3.33. The minimum Gasteiger partial charge on any atom is -0.314 e. The third-order valence-electron chi connectivity index (χ3n) is 4.38. The van der Waals surface area contributed by atoms with Gasteiger partial charge in [0.25, 0.3) is 0 Å². The van der Waals surface area contributed by atoms with Gasteiger partial charge in [0.15, 0.2) is 0 Å². The highest BCUT2D eigenvalue weighted by Crippen LogP contribution is 2.35. The Morgan fingerprint density at radius 3 is 2.05 bits per heavy atom. The second kappa shape index (κ2) is 9.36. The molecule has 0 saturated heterocycles. The van der Waals surface area contributed by atoms with Crippen molar-refractivity contribution in [2.45, 2.75) is 58.4 Å². The van der Waals surface area contributed by atoms with Crippen molar-refractivity contribution in [2.24, 2.45) is 5.41 Å². The van der Waals surface area contributed by atoms with Gasteiger partial charge in [-0.3, -0.25) is 4.90 Å². The van der Waals surface area contributed by atoms with Crippen LogP contribution in [-0.4, -0.2) is 37.1 Å². The second-order valence-corrected chi connectivity index (χ2v) is 6.72. The summed E-state index contributed by atoms with van der Waals surface area (Å²) in [6.07, 6.45) is 12.3. The van der Waals surface area contributed by atoms with E-state index >= 15 is 0 Å². The second-order valence-electron chi connectivity index (χ2n) is 6.72. The Labute approximate surface area is 126 Å². The molecule has 1 N–H and O–H groups in total. The highest BCUT2D eigenvalue weighted by Gasteiger charge is 2.32. The van der Waals surface area contributed by atoms with Crippen LogP contribution in [0, 0.1) is 5.41 Å². The van der Waals surface area contributed by atoms with Gasteiger partial charge in [-0.25, -0.2) is 0 Å². The molecule has 1 fully saturated rings. The molecule has 0 aromatic heterocycles. The first-order chi connectivity index (χ1) is 9.62. The van der Waals surface area contributed by atoms with E-state index < -0.39 is 0 Å². The fraction of sp³-hybridized carbons (Fsp3) is 0.778. The van der Waals surface area contributed by atoms with Gasteiger partial charge in [0.2, 0.25) is 0 Å². The highest BCUT2D eigenvalue weighted by atomic mass is 15.1. The van der Waals surface area contributed by atoms with Crippen LogP contribution >= 0.6 is 0 Å². The van der Waals surface area contributed by atoms with Crippen molar-refractivity contribution in [3.8, 4) is 0 Å². The van der Waals surface area contributed by atoms with E-state index in [1.807, 2.05) is 12.2 Å². The number of nitrogens with zero attached hydrogens (tertiary/aromatic N) is 1. The first kappa shape index (κ1) is 17.5. The van der Waals surface area contributed by atoms with E-state index in [4.69, 9.17) is 0 Å². The molecule has 0 amide bonds. The molecular weight excluding hydrogens is 244 g/mol. The molecular formula is C18H34N2. The van der Waals surface area contributed by atoms with Gasteiger partial charge in [-0.05, 0) is 18.3 Å². The molecule has 0 aromatic rings. The lowest BCUT2D eigenvalue weighted by molar-refractivity contribution is 0.141. The van der Waals surface area contributed by atoms with Gasteiger partial charge in [-0.1, -0.05) is 51.7 Å². The summed E-state index contributed by atoms with van der Waals surface area (Å²) in [6.45, 7) is 16.5. The zero-order valence-electron chi connectivity index (χ0n) is 13.7. The maximum Gasteiger partial charge on any atom is 0.0164 e. The van der Waals surface area contributed by atoms with Crippen LogP contribution in [0.3, 0.4) is 0 Å². The molecule has 0 radical (unpaired) electrons. The van der Waals surface area contributed by atoms with Crippen LogP contribution < -0.4 is 5.32 Å². The number of hydrogen-bond acceptors (Lipinski definition) is 2. The van der Waals surface area contributed by atoms with Gasteiger partial charge in [0.05, 0.1) is 0 Å². The van der Waals surface area contributed by atoms with Gasteiger partial charge in [0, 0.05) is 32.2 Å². The Kier molecular flexibility index (Phi) is 8.16. The maximum absolute atomic E-state index is 3.90. The van der Waals surface area contributed by atoms with Crippen molar-refractivity contribution in [2.75, 3.05) is 26.2 Å². The first-order valence-electron chi connectivity index (χ1n) is 8.29. The average molecular weight is 278 g/mol. The zero-order valence-corrected chi connectivity index (χ0v) is 13.7. The van der Waals surface area contributed by atoms with Crippen molar-refractivity contribution in [3.05, 3.63) is 25.3 Å². The van der Waals surface area contributed by atoms with Crippen LogP contribution in [0.15, 0.2) is 25.3 Å². The lowest BCUT2D eigenvalue weighted by Gasteiger charge is -2.38. The van der Waals surface area contributed by atoms with Gasteiger partial charge in [0.1, 0.15) is 0 Å². The normalized spacial score (nSPS) is 19.0. The summed E-state index contributed by atoms with van der Waals surface area (Å²) in [6, 6.07) is 0.572. The largest absolute Gasteiger partial charge is 0.314 e. The standard InChI is InChI=1S/C18H34N2/c1-5-13-20(14-6-2)16-18(15-19-17(3)4)11-9-7-8-10-12-18/h5-6,17,19H,1-2,7-16H2,3-4H3. The minimum absolute atomic E-state index is 0.437. The van der Waals surface area contributed by atoms with Crippen LogP contribution in [0.5, 0.6) is 0 Å². The zero-order chi connectivity index (χ0) is 14.8. The molecule has 2 nitrogen and oxygen atoms in total. The quantitative estimate of drug-likeness (QED) is 0.506. The SMILES string of the molecule is C=CCN(CC=C)CC1(CNC(C)C)CCCCCC1. The third-order valence-corrected chi connectivity index (χ3v) is 4.38. The maximum atomic E-state index is 3.90. The molecule has 2 heteroatoms. The molecule has 20 heavy (non-hydrogen) atoms. The Bertz CT molecular complexity index is 265. The van der Waals surface area contributed by atoms with Crippen molar-refractivity contribution >= 4 is 0 Å². The van der Waals surface area contributed by atoms with Crippen molar-refractivity contribution < 1.29 is 0 Å². The molecule has 0 bridgehead atoms. The fourth-order valence-corrected chi connectivity index (χ4v) is 3.33. The van der Waals surface area contributed by atoms with Gasteiger partial charge in [-0.2, -0.15) is 0 Å². The van der Waals surface area contributed by atoms with Crippen LogP contribution in [-0.2, 0) is 0 Å². The monoisotopic (exact) mass is 278 g/mol. The average Bonchev–Trinajstić information content (AvgIpc) is 2.63. The summed E-state index contributed by atoms with van der Waals surface area (Å²) < 4.78 is 0. The van der Waals surface area contributed by atoms with Crippen molar-refractivity contribution in [3.63, 3.8) is 0 Å². The van der Waals surface area contributed by atoms with E-state index in [1.54, 1.807) is 0 Å². The van der Waals surface area contributed by atoms with Crippen molar-refractivity contribution in [1.82, 2.24) is 10.2 Å². The number of hydrogen-bond donors (Lipinski definition) is 1. The van der Waals surface area contributed by atoms with E-state index in [1.165, 1.54) is 45.1 Å². The molecule has 1 rings (SSSR count). The molecule has 1 aliphatic rings. The summed E-state index contributed by atoms with van der Waals surface area (Å²) in [5, 5.41) is 3.70. The van der Waals surface area contributed by atoms with Gasteiger partial charge in [-0.15, -0.1) is 13.2 Å². The Morgan fingerprint density at radius 1 is 1.05 bits per heavy atom. The Balaban J connectivity index is 2.72. The molecule has 0 heterocycles. The Hall–Kier alpha value is -0.600. The van der Waals surface area contributed by atoms with Gasteiger partial charge < -0.3 is 5.32 Å². The highest BCUT2D eigenvalue weighted by molar-refractivity contribution is 4.90. The van der Waals surface area contributed by atoms with Crippen LogP contribution in [0.25, 0.3) is 0 Å². The van der Waals surface area contributed by atoms with E-state index in [-0.39, 0.29) is 0 Å². The molecule has 0 aliphatic heterocycles. The molecule has 1 saturated carbocycles. The molecule has 0 atom stereocenters. The topological polar surface area (TPSA) is 15.3 Å². The van der Waals surface area contributed by atoms with Crippen molar-refractivity contribution in [1.29, 1.82) is 0 Å². The lowest BCUT2D eigenvalue weighted by Crippen LogP contribution is -2.45. The summed E-state index contributed by atoms with van der Waals surface area (Å²) in [4.78, 5) is 2.49. The summed E-state index contributed by atoms with van der Waals surface area (Å²) in [7, 11) is 0. The first-order valence-corrected chi connectivity index (χ1v) is 8.29. The predicted octanol–water partition coefficient (Wildman–Crippen LogP) is 4.00. The summed E-state index contributed by atoms with van der Waals surface area (Å²) in [5.74, 6) is 0. The number of rotatable bonds is 9. The smallest absolute Gasteiger partial charge is 0.0164 e. The molecule has 0 aromatic carbocycles. The van der Waals surface area contributed by atoms with Crippen LogP contribution in [0.1, 0.15) is 52.4 Å². The lowest BCUT2D eigenvalue weighted by atomic mass is 9.79. The van der Waals surface area contributed by atoms with E-state index in [0.717, 1.165) is 19.6 Å². The minimum atomic E-state index is 0.437. The Morgan fingerprint density at radius 2 is 1.60 bits per heavy atom. The molecule has 116 valence electrons. The summed E-state index contributed by atoms with van der Waals surface area (Å²) in [5.41, 5.74) is 0.437. The predicted molar refractivity (Wildman–Crippen MR) is 90.1 cm³/mol.